The van der Waals surface area contributed by atoms with Gasteiger partial charge in [0, 0.05) is 0 Å². The van der Waals surface area contributed by atoms with Crippen molar-refractivity contribution in [2.24, 2.45) is 0 Å². The van der Waals surface area contributed by atoms with Gasteiger partial charge in [-0.3, -0.25) is 0 Å². The molecule has 19 heavy (non-hydrogen) atoms. The minimum absolute atomic E-state index is 0.120. The summed E-state index contributed by atoms with van der Waals surface area (Å²) in [6.45, 7) is 9.11. The van der Waals surface area contributed by atoms with E-state index < -0.39 is 23.5 Å². The van der Waals surface area contributed by atoms with E-state index in [9.17, 15) is 26.3 Å². The highest BCUT2D eigenvalue weighted by atomic mass is 19.4. The smallest absolute Gasteiger partial charge is 0.166 e. The van der Waals surface area contributed by atoms with E-state index in [0.717, 1.165) is 13.0 Å². The van der Waals surface area contributed by atoms with Crippen LogP contribution in [0.25, 0.3) is 0 Å². The van der Waals surface area contributed by atoms with E-state index >= 15 is 0 Å². The molecule has 0 nitrogen and oxygen atoms in total. The fraction of sp³-hybridized carbons (Fsp3) is 0.538. The van der Waals surface area contributed by atoms with Crippen molar-refractivity contribution in [3.05, 3.63) is 34.9 Å². The molecule has 0 amide bonds. The molecular formula is C13H18F6. The van der Waals surface area contributed by atoms with Gasteiger partial charge < -0.3 is 0 Å². The summed E-state index contributed by atoms with van der Waals surface area (Å²) in [6, 6.07) is 1.56. The average molecular weight is 288 g/mol. The lowest BCUT2D eigenvalue weighted by Crippen LogP contribution is -2.12. The quantitative estimate of drug-likeness (QED) is 0.507. The van der Waals surface area contributed by atoms with Crippen LogP contribution in [0.15, 0.2) is 18.2 Å². The monoisotopic (exact) mass is 288 g/mol. The van der Waals surface area contributed by atoms with Gasteiger partial charge in [-0.25, -0.2) is 0 Å². The van der Waals surface area contributed by atoms with Gasteiger partial charge in [-0.05, 0) is 24.6 Å². The molecule has 0 radical (unpaired) electrons. The molecule has 0 fully saturated rings. The maximum Gasteiger partial charge on any atom is 0.416 e. The van der Waals surface area contributed by atoms with E-state index in [1.165, 1.54) is 0 Å². The molecule has 0 aromatic heterocycles. The fourth-order valence-electron chi connectivity index (χ4n) is 1.10. The Hall–Kier alpha value is -1.20. The Morgan fingerprint density at radius 1 is 0.737 bits per heavy atom. The SMILES string of the molecule is CC.CC.Cc1ccc(C(F)(F)F)cc1C(F)(F)F. The Morgan fingerprint density at radius 3 is 1.47 bits per heavy atom. The zero-order chi connectivity index (χ0) is 15.9. The van der Waals surface area contributed by atoms with Crippen LogP contribution in [0.2, 0.25) is 0 Å². The van der Waals surface area contributed by atoms with Crippen molar-refractivity contribution in [3.63, 3.8) is 0 Å². The number of rotatable bonds is 0. The topological polar surface area (TPSA) is 0 Å². The van der Waals surface area contributed by atoms with Gasteiger partial charge in [-0.15, -0.1) is 0 Å². The maximum atomic E-state index is 12.2. The maximum absolute atomic E-state index is 12.2. The third kappa shape index (κ3) is 6.50. The molecule has 0 bridgehead atoms. The number of aryl methyl sites for hydroxylation is 1. The van der Waals surface area contributed by atoms with Crippen LogP contribution in [0.5, 0.6) is 0 Å². The van der Waals surface area contributed by atoms with E-state index in [0.29, 0.717) is 6.07 Å². The second kappa shape index (κ2) is 8.07. The first-order chi connectivity index (χ1) is 8.62. The Labute approximate surface area is 109 Å². The van der Waals surface area contributed by atoms with Gasteiger partial charge >= 0.3 is 12.4 Å². The number of hydrogen-bond acceptors (Lipinski definition) is 0. The van der Waals surface area contributed by atoms with Gasteiger partial charge in [0.2, 0.25) is 0 Å². The van der Waals surface area contributed by atoms with Gasteiger partial charge in [0.15, 0.2) is 0 Å². The second-order valence-electron chi connectivity index (χ2n) is 3.03. The zero-order valence-electron chi connectivity index (χ0n) is 11.5. The summed E-state index contributed by atoms with van der Waals surface area (Å²) in [6.07, 6.45) is -9.51. The van der Waals surface area contributed by atoms with Crippen molar-refractivity contribution in [2.45, 2.75) is 47.0 Å². The third-order valence-electron chi connectivity index (χ3n) is 1.87. The summed E-state index contributed by atoms with van der Waals surface area (Å²) in [7, 11) is 0. The summed E-state index contributed by atoms with van der Waals surface area (Å²) in [5.41, 5.74) is -2.77. The molecule has 0 saturated heterocycles. The van der Waals surface area contributed by atoms with Crippen LogP contribution in [-0.2, 0) is 12.4 Å². The molecule has 0 heterocycles. The van der Waals surface area contributed by atoms with Crippen molar-refractivity contribution in [1.82, 2.24) is 0 Å². The highest BCUT2D eigenvalue weighted by Crippen LogP contribution is 2.36. The second-order valence-corrected chi connectivity index (χ2v) is 3.03. The van der Waals surface area contributed by atoms with Crippen LogP contribution in [0, 0.1) is 6.92 Å². The Bertz CT molecular complexity index is 362. The predicted molar refractivity (Wildman–Crippen MR) is 63.9 cm³/mol. The van der Waals surface area contributed by atoms with Crippen LogP contribution in [0.3, 0.4) is 0 Å². The van der Waals surface area contributed by atoms with E-state index in [1.54, 1.807) is 0 Å². The lowest BCUT2D eigenvalue weighted by atomic mass is 10.0. The molecule has 6 heteroatoms. The molecule has 1 aromatic rings. The molecule has 0 aliphatic heterocycles. The Kier molecular flexibility index (Phi) is 8.55. The predicted octanol–water partition coefficient (Wildman–Crippen LogP) is 6.09. The molecule has 1 aromatic carbocycles. The highest BCUT2D eigenvalue weighted by Gasteiger charge is 2.37. The van der Waals surface area contributed by atoms with Crippen molar-refractivity contribution in [1.29, 1.82) is 0 Å². The first-order valence-corrected chi connectivity index (χ1v) is 5.87. The number of halogens is 6. The lowest BCUT2D eigenvalue weighted by Gasteiger charge is -2.13. The van der Waals surface area contributed by atoms with Crippen LogP contribution in [0.1, 0.15) is 44.4 Å². The Morgan fingerprint density at radius 2 is 1.16 bits per heavy atom. The third-order valence-corrected chi connectivity index (χ3v) is 1.87. The lowest BCUT2D eigenvalue weighted by molar-refractivity contribution is -0.143. The van der Waals surface area contributed by atoms with E-state index in [-0.39, 0.29) is 11.6 Å². The van der Waals surface area contributed by atoms with Crippen molar-refractivity contribution in [3.8, 4) is 0 Å². The van der Waals surface area contributed by atoms with Crippen molar-refractivity contribution >= 4 is 0 Å². The van der Waals surface area contributed by atoms with Crippen LogP contribution < -0.4 is 0 Å². The molecule has 0 N–H and O–H groups in total. The first kappa shape index (κ1) is 20.1. The summed E-state index contributed by atoms with van der Waals surface area (Å²) >= 11 is 0. The van der Waals surface area contributed by atoms with Crippen LogP contribution >= 0.6 is 0 Å². The highest BCUT2D eigenvalue weighted by molar-refractivity contribution is 5.34. The summed E-state index contributed by atoms with van der Waals surface area (Å²) in [5, 5.41) is 0. The number of alkyl halides is 6. The molecule has 0 atom stereocenters. The van der Waals surface area contributed by atoms with Gasteiger partial charge in [0.1, 0.15) is 0 Å². The first-order valence-electron chi connectivity index (χ1n) is 5.87. The average Bonchev–Trinajstić information content (AvgIpc) is 2.32. The summed E-state index contributed by atoms with van der Waals surface area (Å²) in [4.78, 5) is 0. The van der Waals surface area contributed by atoms with Crippen LogP contribution in [0.4, 0.5) is 26.3 Å². The van der Waals surface area contributed by atoms with Gasteiger partial charge in [-0.2, -0.15) is 26.3 Å². The molecule has 0 aliphatic carbocycles. The number of hydrogen-bond donors (Lipinski definition) is 0. The van der Waals surface area contributed by atoms with Crippen molar-refractivity contribution in [2.75, 3.05) is 0 Å². The number of benzene rings is 1. The van der Waals surface area contributed by atoms with Gasteiger partial charge in [-0.1, -0.05) is 33.8 Å². The van der Waals surface area contributed by atoms with Gasteiger partial charge in [0.05, 0.1) is 11.1 Å². The van der Waals surface area contributed by atoms with Crippen molar-refractivity contribution < 1.29 is 26.3 Å². The molecule has 1 rings (SSSR count). The summed E-state index contributed by atoms with van der Waals surface area (Å²) in [5.74, 6) is 0. The molecule has 0 aliphatic rings. The van der Waals surface area contributed by atoms with Crippen LogP contribution in [-0.4, -0.2) is 0 Å². The van der Waals surface area contributed by atoms with E-state index in [1.807, 2.05) is 27.7 Å². The molecular weight excluding hydrogens is 270 g/mol. The molecule has 0 spiro atoms. The minimum Gasteiger partial charge on any atom is -0.166 e. The van der Waals surface area contributed by atoms with E-state index in [4.69, 9.17) is 0 Å². The fourth-order valence-corrected chi connectivity index (χ4v) is 1.10. The molecule has 112 valence electrons. The molecule has 0 saturated carbocycles. The molecule has 0 unspecified atom stereocenters. The Balaban J connectivity index is 0. The minimum atomic E-state index is -4.76. The zero-order valence-corrected chi connectivity index (χ0v) is 11.5. The standard InChI is InChI=1S/C9H6F6.2C2H6/c1-5-2-3-6(8(10,11)12)4-7(5)9(13,14)15;2*1-2/h2-4H,1H3;2*1-2H3. The largest absolute Gasteiger partial charge is 0.416 e. The normalized spacial score (nSPS) is 10.9. The van der Waals surface area contributed by atoms with E-state index in [2.05, 4.69) is 0 Å². The van der Waals surface area contributed by atoms with Gasteiger partial charge in [0.25, 0.3) is 0 Å². The summed E-state index contributed by atoms with van der Waals surface area (Å²) < 4.78 is 73.1.